The Morgan fingerprint density at radius 3 is 2.63 bits per heavy atom. The quantitative estimate of drug-likeness (QED) is 0.683. The van der Waals surface area contributed by atoms with Gasteiger partial charge in [-0.2, -0.15) is 0 Å². The summed E-state index contributed by atoms with van der Waals surface area (Å²) >= 11 is 0. The van der Waals surface area contributed by atoms with Crippen LogP contribution in [0.25, 0.3) is 10.8 Å². The van der Waals surface area contributed by atoms with Crippen LogP contribution in [0.5, 0.6) is 0 Å². The number of hydrogen-bond donors (Lipinski definition) is 0. The lowest BCUT2D eigenvalue weighted by atomic mass is 10.0. The van der Waals surface area contributed by atoms with E-state index < -0.39 is 0 Å². The molecule has 0 unspecified atom stereocenters. The first-order chi connectivity index (χ1) is 14.5. The monoisotopic (exact) mass is 409 g/mol. The number of carbonyl (C=O) groups excluding carboxylic acids is 2. The maximum Gasteiger partial charge on any atom is 0.320 e. The third-order valence-corrected chi connectivity index (χ3v) is 5.90. The van der Waals surface area contributed by atoms with Crippen molar-refractivity contribution in [3.8, 4) is 0 Å². The summed E-state index contributed by atoms with van der Waals surface area (Å²) in [5.74, 6) is 0.368. The summed E-state index contributed by atoms with van der Waals surface area (Å²) in [5.41, 5.74) is 3.01. The minimum atomic E-state index is -0.153. The molecule has 1 amide bonds. The zero-order valence-corrected chi connectivity index (χ0v) is 18.2. The average Bonchev–Trinajstić information content (AvgIpc) is 2.86. The summed E-state index contributed by atoms with van der Waals surface area (Å²) in [5, 5.41) is 2.22. The lowest BCUT2D eigenvalue weighted by Crippen LogP contribution is -2.35. The van der Waals surface area contributed by atoms with Crippen molar-refractivity contribution in [1.82, 2.24) is 4.90 Å². The molecule has 0 aromatic heterocycles. The number of rotatable bonds is 6. The summed E-state index contributed by atoms with van der Waals surface area (Å²) < 4.78 is 5.10. The van der Waals surface area contributed by atoms with Crippen LogP contribution in [-0.2, 0) is 9.53 Å². The zero-order chi connectivity index (χ0) is 21.3. The number of ether oxygens (including phenoxy) is 1. The van der Waals surface area contributed by atoms with Crippen LogP contribution in [0.15, 0.2) is 30.3 Å². The fourth-order valence-corrected chi connectivity index (χ4v) is 4.61. The lowest BCUT2D eigenvalue weighted by molar-refractivity contribution is -0.144. The average molecular weight is 410 g/mol. The second-order valence-corrected chi connectivity index (χ2v) is 8.56. The van der Waals surface area contributed by atoms with Gasteiger partial charge in [-0.25, -0.2) is 0 Å². The first-order valence-electron chi connectivity index (χ1n) is 11.0. The Labute approximate surface area is 178 Å². The van der Waals surface area contributed by atoms with E-state index in [0.29, 0.717) is 19.1 Å². The van der Waals surface area contributed by atoms with Crippen LogP contribution in [-0.4, -0.2) is 62.7 Å². The highest BCUT2D eigenvalue weighted by molar-refractivity contribution is 6.26. The van der Waals surface area contributed by atoms with Gasteiger partial charge in [0.25, 0.3) is 5.91 Å². The largest absolute Gasteiger partial charge is 0.465 e. The van der Waals surface area contributed by atoms with Crippen LogP contribution in [0.3, 0.4) is 0 Å². The molecule has 2 aliphatic rings. The first-order valence-corrected chi connectivity index (χ1v) is 11.0. The molecule has 160 valence electrons. The van der Waals surface area contributed by atoms with Gasteiger partial charge in [-0.3, -0.25) is 14.5 Å². The molecule has 4 rings (SSSR count). The Bertz CT molecular complexity index is 956. The molecule has 0 saturated carbocycles. The Balaban J connectivity index is 1.60. The molecule has 2 aromatic carbocycles. The van der Waals surface area contributed by atoms with Gasteiger partial charge in [0, 0.05) is 54.7 Å². The normalized spacial score (nSPS) is 17.1. The van der Waals surface area contributed by atoms with E-state index in [1.807, 2.05) is 24.0 Å². The van der Waals surface area contributed by atoms with Crippen molar-refractivity contribution >= 4 is 34.0 Å². The molecular formula is C24H31N3O3. The highest BCUT2D eigenvalue weighted by atomic mass is 16.5. The molecule has 2 aliphatic heterocycles. The Kier molecular flexibility index (Phi) is 5.95. The molecule has 1 saturated heterocycles. The summed E-state index contributed by atoms with van der Waals surface area (Å²) in [7, 11) is 0. The van der Waals surface area contributed by atoms with E-state index in [0.717, 1.165) is 61.2 Å². The van der Waals surface area contributed by atoms with Crippen molar-refractivity contribution < 1.29 is 14.3 Å². The minimum Gasteiger partial charge on any atom is -0.465 e. The van der Waals surface area contributed by atoms with E-state index in [9.17, 15) is 9.59 Å². The van der Waals surface area contributed by atoms with Crippen LogP contribution in [0.2, 0.25) is 0 Å². The summed E-state index contributed by atoms with van der Waals surface area (Å²) in [6.45, 7) is 11.1. The van der Waals surface area contributed by atoms with Crippen molar-refractivity contribution in [3.05, 3.63) is 35.9 Å². The van der Waals surface area contributed by atoms with Gasteiger partial charge < -0.3 is 14.5 Å². The molecule has 6 heteroatoms. The van der Waals surface area contributed by atoms with Gasteiger partial charge >= 0.3 is 5.97 Å². The number of nitrogens with zero attached hydrogens (tertiary/aromatic N) is 3. The van der Waals surface area contributed by atoms with E-state index in [1.165, 1.54) is 5.69 Å². The number of amides is 1. The number of carbonyl (C=O) groups is 2. The standard InChI is InChI=1S/C24H31N3O3/c1-4-30-22(28)16-25-11-6-12-26(14-13-25)20-9-10-21-23-18(20)7-5-8-19(23)24(29)27(21)15-17(2)3/h5,7-10,17H,4,6,11-16H2,1-3H3. The van der Waals surface area contributed by atoms with E-state index in [1.54, 1.807) is 0 Å². The second kappa shape index (κ2) is 8.64. The molecule has 0 bridgehead atoms. The van der Waals surface area contributed by atoms with E-state index in [-0.39, 0.29) is 11.9 Å². The van der Waals surface area contributed by atoms with Crippen LogP contribution in [0.1, 0.15) is 37.6 Å². The second-order valence-electron chi connectivity index (χ2n) is 8.56. The summed E-state index contributed by atoms with van der Waals surface area (Å²) in [6, 6.07) is 10.3. The van der Waals surface area contributed by atoms with Gasteiger partial charge in [-0.05, 0) is 37.5 Å². The van der Waals surface area contributed by atoms with Crippen LogP contribution in [0, 0.1) is 5.92 Å². The maximum absolute atomic E-state index is 13.0. The molecule has 2 aromatic rings. The molecule has 0 radical (unpaired) electrons. The lowest BCUT2D eigenvalue weighted by Gasteiger charge is -2.26. The van der Waals surface area contributed by atoms with Crippen molar-refractivity contribution in [3.63, 3.8) is 0 Å². The Morgan fingerprint density at radius 2 is 1.87 bits per heavy atom. The van der Waals surface area contributed by atoms with Gasteiger partial charge in [0.05, 0.1) is 18.8 Å². The molecule has 2 heterocycles. The highest BCUT2D eigenvalue weighted by Gasteiger charge is 2.31. The van der Waals surface area contributed by atoms with Crippen LogP contribution < -0.4 is 9.80 Å². The number of anilines is 2. The fraction of sp³-hybridized carbons (Fsp3) is 0.500. The van der Waals surface area contributed by atoms with E-state index in [4.69, 9.17) is 4.74 Å². The Hall–Kier alpha value is -2.60. The minimum absolute atomic E-state index is 0.109. The SMILES string of the molecule is CCOC(=O)CN1CCCN(c2ccc3c4c(cccc24)C(=O)N3CC(C)C)CC1. The number of hydrogen-bond acceptors (Lipinski definition) is 5. The highest BCUT2D eigenvalue weighted by Crippen LogP contribution is 2.42. The molecular weight excluding hydrogens is 378 g/mol. The van der Waals surface area contributed by atoms with Gasteiger partial charge in [-0.15, -0.1) is 0 Å². The van der Waals surface area contributed by atoms with Crippen molar-refractivity contribution in [2.24, 2.45) is 5.92 Å². The van der Waals surface area contributed by atoms with Gasteiger partial charge in [0.2, 0.25) is 0 Å². The number of benzene rings is 2. The summed E-state index contributed by atoms with van der Waals surface area (Å²) in [4.78, 5) is 31.4. The third-order valence-electron chi connectivity index (χ3n) is 5.90. The smallest absolute Gasteiger partial charge is 0.320 e. The Morgan fingerprint density at radius 1 is 1.07 bits per heavy atom. The maximum atomic E-state index is 13.0. The van der Waals surface area contributed by atoms with Crippen LogP contribution in [0.4, 0.5) is 11.4 Å². The van der Waals surface area contributed by atoms with Crippen molar-refractivity contribution in [1.29, 1.82) is 0 Å². The van der Waals surface area contributed by atoms with Gasteiger partial charge in [0.1, 0.15) is 0 Å². The molecule has 6 nitrogen and oxygen atoms in total. The zero-order valence-electron chi connectivity index (χ0n) is 18.2. The van der Waals surface area contributed by atoms with E-state index in [2.05, 4.69) is 41.8 Å². The predicted molar refractivity (Wildman–Crippen MR) is 120 cm³/mol. The van der Waals surface area contributed by atoms with Crippen LogP contribution >= 0.6 is 0 Å². The number of esters is 1. The van der Waals surface area contributed by atoms with E-state index >= 15 is 0 Å². The van der Waals surface area contributed by atoms with Crippen molar-refractivity contribution in [2.75, 3.05) is 55.7 Å². The molecule has 0 aliphatic carbocycles. The summed E-state index contributed by atoms with van der Waals surface area (Å²) in [6.07, 6.45) is 0.987. The first kappa shape index (κ1) is 20.7. The van der Waals surface area contributed by atoms with Gasteiger partial charge in [0.15, 0.2) is 0 Å². The van der Waals surface area contributed by atoms with Gasteiger partial charge in [-0.1, -0.05) is 26.0 Å². The fourth-order valence-electron chi connectivity index (χ4n) is 4.61. The molecule has 0 atom stereocenters. The topological polar surface area (TPSA) is 53.1 Å². The third kappa shape index (κ3) is 3.88. The molecule has 0 spiro atoms. The molecule has 1 fully saturated rings. The van der Waals surface area contributed by atoms with Crippen molar-refractivity contribution in [2.45, 2.75) is 27.2 Å². The molecule has 30 heavy (non-hydrogen) atoms. The molecule has 0 N–H and O–H groups in total. The predicted octanol–water partition coefficient (Wildman–Crippen LogP) is 3.53.